The van der Waals surface area contributed by atoms with E-state index in [0.29, 0.717) is 5.56 Å². The van der Waals surface area contributed by atoms with Crippen LogP contribution < -0.4 is 5.32 Å². The van der Waals surface area contributed by atoms with Gasteiger partial charge in [0.2, 0.25) is 5.91 Å². The van der Waals surface area contributed by atoms with Crippen LogP contribution in [0.15, 0.2) is 48.5 Å². The van der Waals surface area contributed by atoms with Crippen molar-refractivity contribution in [3.63, 3.8) is 0 Å². The molecule has 3 nitrogen and oxygen atoms in total. The molecule has 2 N–H and O–H groups in total. The Balaban J connectivity index is 2.09. The van der Waals surface area contributed by atoms with Crippen LogP contribution in [-0.2, 0) is 11.0 Å². The number of rotatable bonds is 4. The Morgan fingerprint density at radius 1 is 1.13 bits per heavy atom. The predicted octanol–water partition coefficient (Wildman–Crippen LogP) is 4.08. The van der Waals surface area contributed by atoms with Crippen molar-refractivity contribution < 1.29 is 23.1 Å². The van der Waals surface area contributed by atoms with Gasteiger partial charge in [0.05, 0.1) is 18.1 Å². The molecule has 122 valence electrons. The fourth-order valence-electron chi connectivity index (χ4n) is 2.25. The van der Waals surface area contributed by atoms with E-state index in [1.807, 2.05) is 0 Å². The van der Waals surface area contributed by atoms with E-state index in [4.69, 9.17) is 0 Å². The standard InChI is InChI=1S/C17H16F3NO2/c1-11-13(17(18,19)20)8-5-9-14(11)21-16(23)10-15(22)12-6-3-2-4-7-12/h2-9,15,22H,10H2,1H3,(H,21,23). The zero-order valence-electron chi connectivity index (χ0n) is 12.4. The second-order valence-corrected chi connectivity index (χ2v) is 5.15. The third-order valence-corrected chi connectivity index (χ3v) is 3.48. The molecule has 1 unspecified atom stereocenters. The van der Waals surface area contributed by atoms with Crippen LogP contribution in [0.25, 0.3) is 0 Å². The summed E-state index contributed by atoms with van der Waals surface area (Å²) >= 11 is 0. The normalized spacial score (nSPS) is 12.7. The van der Waals surface area contributed by atoms with Crippen molar-refractivity contribution in [2.75, 3.05) is 5.32 Å². The predicted molar refractivity (Wildman–Crippen MR) is 80.8 cm³/mol. The summed E-state index contributed by atoms with van der Waals surface area (Å²) in [6.45, 7) is 1.30. The topological polar surface area (TPSA) is 49.3 Å². The molecule has 2 aromatic rings. The first-order valence-electron chi connectivity index (χ1n) is 6.98. The van der Waals surface area contributed by atoms with Crippen LogP contribution in [0.3, 0.4) is 0 Å². The number of hydrogen-bond donors (Lipinski definition) is 2. The van der Waals surface area contributed by atoms with Crippen LogP contribution in [-0.4, -0.2) is 11.0 Å². The average molecular weight is 323 g/mol. The van der Waals surface area contributed by atoms with Crippen molar-refractivity contribution in [3.8, 4) is 0 Å². The van der Waals surface area contributed by atoms with Gasteiger partial charge >= 0.3 is 6.18 Å². The van der Waals surface area contributed by atoms with Crippen molar-refractivity contribution in [2.45, 2.75) is 25.6 Å². The number of carbonyl (C=O) groups is 1. The highest BCUT2D eigenvalue weighted by Crippen LogP contribution is 2.34. The maximum absolute atomic E-state index is 12.8. The summed E-state index contributed by atoms with van der Waals surface area (Å²) in [5.74, 6) is -0.552. The van der Waals surface area contributed by atoms with Crippen LogP contribution in [0.1, 0.15) is 29.2 Å². The highest BCUT2D eigenvalue weighted by Gasteiger charge is 2.33. The quantitative estimate of drug-likeness (QED) is 0.891. The zero-order valence-corrected chi connectivity index (χ0v) is 12.4. The van der Waals surface area contributed by atoms with E-state index in [1.165, 1.54) is 19.1 Å². The molecule has 2 aromatic carbocycles. The first kappa shape index (κ1) is 17.0. The van der Waals surface area contributed by atoms with E-state index in [9.17, 15) is 23.1 Å². The number of carbonyl (C=O) groups excluding carboxylic acids is 1. The molecule has 0 radical (unpaired) electrons. The Kier molecular flexibility index (Phi) is 5.05. The van der Waals surface area contributed by atoms with Gasteiger partial charge in [-0.15, -0.1) is 0 Å². The second-order valence-electron chi connectivity index (χ2n) is 5.15. The maximum Gasteiger partial charge on any atom is 0.416 e. The van der Waals surface area contributed by atoms with Gasteiger partial charge in [0, 0.05) is 5.69 Å². The lowest BCUT2D eigenvalue weighted by atomic mass is 10.0. The van der Waals surface area contributed by atoms with Gasteiger partial charge < -0.3 is 10.4 Å². The number of halogens is 3. The number of aliphatic hydroxyl groups is 1. The van der Waals surface area contributed by atoms with E-state index >= 15 is 0 Å². The molecule has 0 bridgehead atoms. The minimum absolute atomic E-state index is 0.0532. The first-order valence-corrected chi connectivity index (χ1v) is 6.98. The number of hydrogen-bond acceptors (Lipinski definition) is 2. The number of alkyl halides is 3. The van der Waals surface area contributed by atoms with Crippen LogP contribution in [0, 0.1) is 6.92 Å². The summed E-state index contributed by atoms with van der Waals surface area (Å²) in [6.07, 6.45) is -5.73. The van der Waals surface area contributed by atoms with E-state index in [2.05, 4.69) is 5.32 Å². The van der Waals surface area contributed by atoms with E-state index in [0.717, 1.165) is 6.07 Å². The minimum Gasteiger partial charge on any atom is -0.388 e. The van der Waals surface area contributed by atoms with E-state index in [1.54, 1.807) is 30.3 Å². The lowest BCUT2D eigenvalue weighted by molar-refractivity contribution is -0.138. The van der Waals surface area contributed by atoms with Crippen molar-refractivity contribution in [1.82, 2.24) is 0 Å². The largest absolute Gasteiger partial charge is 0.416 e. The molecular formula is C17H16F3NO2. The third-order valence-electron chi connectivity index (χ3n) is 3.48. The van der Waals surface area contributed by atoms with Crippen molar-refractivity contribution >= 4 is 11.6 Å². The van der Waals surface area contributed by atoms with Gasteiger partial charge in [0.25, 0.3) is 0 Å². The Morgan fingerprint density at radius 2 is 1.78 bits per heavy atom. The Labute approximate surface area is 131 Å². The molecule has 0 aliphatic heterocycles. The molecule has 6 heteroatoms. The summed E-state index contributed by atoms with van der Waals surface area (Å²) in [5, 5.41) is 12.4. The fraction of sp³-hybridized carbons (Fsp3) is 0.235. The van der Waals surface area contributed by atoms with Gasteiger partial charge in [-0.3, -0.25) is 4.79 Å². The van der Waals surface area contributed by atoms with Gasteiger partial charge in [-0.2, -0.15) is 13.2 Å². The van der Waals surface area contributed by atoms with Crippen molar-refractivity contribution in [2.24, 2.45) is 0 Å². The molecule has 0 heterocycles. The second kappa shape index (κ2) is 6.83. The molecule has 0 saturated heterocycles. The molecule has 0 aliphatic carbocycles. The number of amides is 1. The SMILES string of the molecule is Cc1c(NC(=O)CC(O)c2ccccc2)cccc1C(F)(F)F. The van der Waals surface area contributed by atoms with Crippen LogP contribution in [0.2, 0.25) is 0 Å². The van der Waals surface area contributed by atoms with E-state index in [-0.39, 0.29) is 17.7 Å². The smallest absolute Gasteiger partial charge is 0.388 e. The molecular weight excluding hydrogens is 307 g/mol. The average Bonchev–Trinajstić information content (AvgIpc) is 2.49. The summed E-state index contributed by atoms with van der Waals surface area (Å²) in [7, 11) is 0. The molecule has 0 saturated carbocycles. The maximum atomic E-state index is 12.8. The first-order chi connectivity index (χ1) is 10.8. The Morgan fingerprint density at radius 3 is 2.39 bits per heavy atom. The monoisotopic (exact) mass is 323 g/mol. The van der Waals surface area contributed by atoms with Crippen LogP contribution in [0.5, 0.6) is 0 Å². The zero-order chi connectivity index (χ0) is 17.0. The van der Waals surface area contributed by atoms with Crippen molar-refractivity contribution in [3.05, 3.63) is 65.2 Å². The molecule has 0 aliphatic rings. The molecule has 23 heavy (non-hydrogen) atoms. The molecule has 0 spiro atoms. The molecule has 1 atom stereocenters. The fourth-order valence-corrected chi connectivity index (χ4v) is 2.25. The summed E-state index contributed by atoms with van der Waals surface area (Å²) in [5.41, 5.74) is -0.185. The lowest BCUT2D eigenvalue weighted by Crippen LogP contribution is -2.17. The van der Waals surface area contributed by atoms with Crippen molar-refractivity contribution in [1.29, 1.82) is 0 Å². The molecule has 1 amide bonds. The van der Waals surface area contributed by atoms with Gasteiger partial charge in [0.1, 0.15) is 0 Å². The summed E-state index contributed by atoms with van der Waals surface area (Å²) < 4.78 is 38.5. The van der Waals surface area contributed by atoms with Gasteiger partial charge in [0.15, 0.2) is 0 Å². The van der Waals surface area contributed by atoms with E-state index < -0.39 is 23.8 Å². The van der Waals surface area contributed by atoms with Gasteiger partial charge in [-0.25, -0.2) is 0 Å². The van der Waals surface area contributed by atoms with Gasteiger partial charge in [-0.05, 0) is 30.2 Å². The Bertz CT molecular complexity index is 684. The van der Waals surface area contributed by atoms with Gasteiger partial charge in [-0.1, -0.05) is 36.4 Å². The minimum atomic E-state index is -4.48. The molecule has 2 rings (SSSR count). The summed E-state index contributed by atoms with van der Waals surface area (Å²) in [6, 6.07) is 12.2. The number of aliphatic hydroxyl groups excluding tert-OH is 1. The van der Waals surface area contributed by atoms with Crippen LogP contribution in [0.4, 0.5) is 18.9 Å². The van der Waals surface area contributed by atoms with Crippen LogP contribution >= 0.6 is 0 Å². The number of anilines is 1. The third kappa shape index (κ3) is 4.32. The summed E-state index contributed by atoms with van der Waals surface area (Å²) in [4.78, 5) is 12.0. The number of nitrogens with one attached hydrogen (secondary N) is 1. The molecule has 0 fully saturated rings. The highest BCUT2D eigenvalue weighted by atomic mass is 19.4. The molecule has 0 aromatic heterocycles. The Hall–Kier alpha value is -2.34. The highest BCUT2D eigenvalue weighted by molar-refractivity contribution is 5.92. The number of benzene rings is 2. The lowest BCUT2D eigenvalue weighted by Gasteiger charge is -2.16.